The molecule has 0 amide bonds. The van der Waals surface area contributed by atoms with Gasteiger partial charge in [-0.3, -0.25) is 0 Å². The Bertz CT molecular complexity index is 677. The Morgan fingerprint density at radius 2 is 1.44 bits per heavy atom. The lowest BCUT2D eigenvalue weighted by Crippen LogP contribution is -2.09. The van der Waals surface area contributed by atoms with E-state index in [9.17, 15) is 4.79 Å². The van der Waals surface area contributed by atoms with Crippen LogP contribution in [0.25, 0.3) is 0 Å². The van der Waals surface area contributed by atoms with E-state index in [1.165, 1.54) is 6.42 Å². The van der Waals surface area contributed by atoms with Crippen molar-refractivity contribution in [2.24, 2.45) is 5.92 Å². The van der Waals surface area contributed by atoms with Crippen LogP contribution in [0.5, 0.6) is 17.2 Å². The largest absolute Gasteiger partial charge is 0.494 e. The highest BCUT2D eigenvalue weighted by Crippen LogP contribution is 2.20. The highest BCUT2D eigenvalue weighted by atomic mass is 16.5. The first kappa shape index (κ1) is 20.8. The second-order valence-corrected chi connectivity index (χ2v) is 6.77. The van der Waals surface area contributed by atoms with E-state index in [0.29, 0.717) is 30.4 Å². The highest BCUT2D eigenvalue weighted by molar-refractivity contribution is 5.91. The summed E-state index contributed by atoms with van der Waals surface area (Å²) in [6.07, 6.45) is 4.45. The zero-order valence-electron chi connectivity index (χ0n) is 16.6. The first-order chi connectivity index (χ1) is 13.1. The van der Waals surface area contributed by atoms with Gasteiger partial charge < -0.3 is 14.2 Å². The van der Waals surface area contributed by atoms with Gasteiger partial charge in [-0.05, 0) is 60.9 Å². The molecule has 0 aliphatic heterocycles. The van der Waals surface area contributed by atoms with E-state index in [1.807, 2.05) is 12.1 Å². The van der Waals surface area contributed by atoms with Crippen LogP contribution in [-0.2, 0) is 0 Å². The maximum atomic E-state index is 12.3. The van der Waals surface area contributed by atoms with Gasteiger partial charge in [-0.25, -0.2) is 4.79 Å². The molecule has 0 radical (unpaired) electrons. The van der Waals surface area contributed by atoms with E-state index in [2.05, 4.69) is 20.8 Å². The summed E-state index contributed by atoms with van der Waals surface area (Å²) in [5.74, 6) is 2.17. The van der Waals surface area contributed by atoms with Crippen LogP contribution in [0.1, 0.15) is 56.8 Å². The molecule has 0 fully saturated rings. The average Bonchev–Trinajstić information content (AvgIpc) is 2.71. The van der Waals surface area contributed by atoms with Crippen LogP contribution >= 0.6 is 0 Å². The first-order valence-electron chi connectivity index (χ1n) is 9.80. The van der Waals surface area contributed by atoms with E-state index < -0.39 is 0 Å². The molecule has 0 heterocycles. The molecule has 0 aliphatic rings. The molecule has 146 valence electrons. The van der Waals surface area contributed by atoms with Crippen LogP contribution in [0.2, 0.25) is 0 Å². The van der Waals surface area contributed by atoms with Crippen molar-refractivity contribution in [3.05, 3.63) is 54.1 Å². The van der Waals surface area contributed by atoms with Gasteiger partial charge >= 0.3 is 5.97 Å². The van der Waals surface area contributed by atoms with Crippen LogP contribution in [0.15, 0.2) is 48.5 Å². The fraction of sp³-hybridized carbons (Fsp3) is 0.435. The van der Waals surface area contributed by atoms with Crippen molar-refractivity contribution in [1.82, 2.24) is 0 Å². The summed E-state index contributed by atoms with van der Waals surface area (Å²) in [4.78, 5) is 12.3. The molecule has 0 bridgehead atoms. The van der Waals surface area contributed by atoms with Gasteiger partial charge in [0.2, 0.25) is 0 Å². The molecule has 0 aromatic heterocycles. The van der Waals surface area contributed by atoms with Crippen molar-refractivity contribution in [1.29, 1.82) is 0 Å². The molecule has 0 saturated carbocycles. The van der Waals surface area contributed by atoms with Crippen molar-refractivity contribution in [2.75, 3.05) is 13.2 Å². The number of carbonyl (C=O) groups excluding carboxylic acids is 1. The van der Waals surface area contributed by atoms with E-state index in [4.69, 9.17) is 14.2 Å². The van der Waals surface area contributed by atoms with Crippen molar-refractivity contribution in [2.45, 2.75) is 46.5 Å². The van der Waals surface area contributed by atoms with Gasteiger partial charge in [0, 0.05) is 0 Å². The normalized spacial score (nSPS) is 11.7. The maximum Gasteiger partial charge on any atom is 0.343 e. The van der Waals surface area contributed by atoms with Crippen molar-refractivity contribution < 1.29 is 19.0 Å². The molecule has 0 saturated heterocycles. The minimum Gasteiger partial charge on any atom is -0.494 e. The van der Waals surface area contributed by atoms with Gasteiger partial charge in [-0.1, -0.05) is 40.0 Å². The summed E-state index contributed by atoms with van der Waals surface area (Å²) in [6.45, 7) is 7.83. The van der Waals surface area contributed by atoms with Crippen LogP contribution in [0, 0.1) is 5.92 Å². The van der Waals surface area contributed by atoms with Crippen molar-refractivity contribution in [3.63, 3.8) is 0 Å². The van der Waals surface area contributed by atoms with Crippen LogP contribution in [0.3, 0.4) is 0 Å². The van der Waals surface area contributed by atoms with E-state index in [-0.39, 0.29) is 5.97 Å². The standard InChI is InChI=1S/C23H30O4/c1-4-6-7-16-25-20-10-8-19(9-11-20)23(24)27-22-14-12-21(13-15-22)26-17-18(3)5-2/h8-15,18H,4-7,16-17H2,1-3H3. The Morgan fingerprint density at radius 1 is 0.852 bits per heavy atom. The minimum atomic E-state index is -0.388. The Morgan fingerprint density at radius 3 is 2.07 bits per heavy atom. The quantitative estimate of drug-likeness (QED) is 0.281. The molecule has 2 aromatic rings. The van der Waals surface area contributed by atoms with Gasteiger partial charge in [0.15, 0.2) is 0 Å². The number of unbranched alkanes of at least 4 members (excludes halogenated alkanes) is 2. The molecule has 1 atom stereocenters. The molecule has 2 rings (SSSR count). The third kappa shape index (κ3) is 7.33. The number of rotatable bonds is 11. The third-order valence-corrected chi connectivity index (χ3v) is 4.37. The molecule has 0 N–H and O–H groups in total. The number of ether oxygens (including phenoxy) is 3. The summed E-state index contributed by atoms with van der Waals surface area (Å²) >= 11 is 0. The van der Waals surface area contributed by atoms with Crippen LogP contribution in [-0.4, -0.2) is 19.2 Å². The Kier molecular flexibility index (Phi) is 8.69. The van der Waals surface area contributed by atoms with Gasteiger partial charge in [0.05, 0.1) is 18.8 Å². The second-order valence-electron chi connectivity index (χ2n) is 6.77. The molecule has 4 heteroatoms. The third-order valence-electron chi connectivity index (χ3n) is 4.37. The molecule has 4 nitrogen and oxygen atoms in total. The molecule has 0 aliphatic carbocycles. The lowest BCUT2D eigenvalue weighted by atomic mass is 10.1. The van der Waals surface area contributed by atoms with Crippen molar-refractivity contribution >= 4 is 5.97 Å². The lowest BCUT2D eigenvalue weighted by molar-refractivity contribution is 0.0734. The second kappa shape index (κ2) is 11.3. The van der Waals surface area contributed by atoms with Crippen molar-refractivity contribution in [3.8, 4) is 17.2 Å². The predicted molar refractivity (Wildman–Crippen MR) is 108 cm³/mol. The molecule has 0 spiro atoms. The van der Waals surface area contributed by atoms with Crippen LogP contribution < -0.4 is 14.2 Å². The molecular formula is C23H30O4. The molecule has 27 heavy (non-hydrogen) atoms. The first-order valence-corrected chi connectivity index (χ1v) is 9.80. The summed E-state index contributed by atoms with van der Waals surface area (Å²) in [6, 6.07) is 14.2. The predicted octanol–water partition coefficient (Wildman–Crippen LogP) is 5.90. The SMILES string of the molecule is CCCCCOc1ccc(C(=O)Oc2ccc(OCC(C)CC)cc2)cc1. The fourth-order valence-electron chi connectivity index (χ4n) is 2.36. The van der Waals surface area contributed by atoms with Gasteiger partial charge in [-0.2, -0.15) is 0 Å². The number of carbonyl (C=O) groups is 1. The lowest BCUT2D eigenvalue weighted by Gasteiger charge is -2.11. The molecular weight excluding hydrogens is 340 g/mol. The topological polar surface area (TPSA) is 44.8 Å². The zero-order valence-corrected chi connectivity index (χ0v) is 16.6. The Balaban J connectivity index is 1.83. The Hall–Kier alpha value is -2.49. The van der Waals surface area contributed by atoms with Gasteiger partial charge in [0.25, 0.3) is 0 Å². The van der Waals surface area contributed by atoms with Crippen LogP contribution in [0.4, 0.5) is 0 Å². The average molecular weight is 370 g/mol. The molecule has 1 unspecified atom stereocenters. The summed E-state index contributed by atoms with van der Waals surface area (Å²) in [5, 5.41) is 0. The number of benzene rings is 2. The summed E-state index contributed by atoms with van der Waals surface area (Å²) in [7, 11) is 0. The van der Waals surface area contributed by atoms with E-state index in [0.717, 1.165) is 30.8 Å². The van der Waals surface area contributed by atoms with Gasteiger partial charge in [-0.15, -0.1) is 0 Å². The minimum absolute atomic E-state index is 0.388. The smallest absolute Gasteiger partial charge is 0.343 e. The summed E-state index contributed by atoms with van der Waals surface area (Å²) < 4.78 is 16.8. The number of hydrogen-bond donors (Lipinski definition) is 0. The Labute approximate surface area is 162 Å². The highest BCUT2D eigenvalue weighted by Gasteiger charge is 2.09. The summed E-state index contributed by atoms with van der Waals surface area (Å²) in [5.41, 5.74) is 0.494. The zero-order chi connectivity index (χ0) is 19.5. The number of esters is 1. The monoisotopic (exact) mass is 370 g/mol. The van der Waals surface area contributed by atoms with E-state index >= 15 is 0 Å². The maximum absolute atomic E-state index is 12.3. The molecule has 2 aromatic carbocycles. The van der Waals surface area contributed by atoms with Gasteiger partial charge in [0.1, 0.15) is 17.2 Å². The van der Waals surface area contributed by atoms with E-state index in [1.54, 1.807) is 36.4 Å². The fourth-order valence-corrected chi connectivity index (χ4v) is 2.36. The number of hydrogen-bond acceptors (Lipinski definition) is 4.